The van der Waals surface area contributed by atoms with Gasteiger partial charge in [0.25, 0.3) is 0 Å². The molecule has 21 heavy (non-hydrogen) atoms. The molecule has 0 aliphatic carbocycles. The number of rotatable bonds is 10. The number of carboxylic acid groups (broad SMARTS) is 1. The molecule has 0 saturated carbocycles. The van der Waals surface area contributed by atoms with Crippen LogP contribution in [0, 0.1) is 0 Å². The maximum atomic E-state index is 11.1. The van der Waals surface area contributed by atoms with E-state index in [2.05, 4.69) is 4.98 Å². The van der Waals surface area contributed by atoms with Gasteiger partial charge in [-0.25, -0.2) is 9.78 Å². The lowest BCUT2D eigenvalue weighted by molar-refractivity contribution is 0.0698. The van der Waals surface area contributed by atoms with E-state index in [1.807, 2.05) is 18.7 Å². The summed E-state index contributed by atoms with van der Waals surface area (Å²) in [5.74, 6) is -0.508. The van der Waals surface area contributed by atoms with Crippen molar-refractivity contribution in [3.8, 4) is 0 Å². The standard InChI is InChI=1S/C14H23N3O4/c1-3-20-7-5-17(6-8-21-4-2)13-9-11(14(18)19)12(15)10-16-13/h9-10H,3-8,15H2,1-2H3,(H,18,19). The Labute approximate surface area is 124 Å². The number of carbonyl (C=O) groups is 1. The van der Waals surface area contributed by atoms with Gasteiger partial charge in [0.15, 0.2) is 0 Å². The van der Waals surface area contributed by atoms with Crippen molar-refractivity contribution in [2.75, 3.05) is 50.2 Å². The molecule has 0 radical (unpaired) electrons. The quantitative estimate of drug-likeness (QED) is 0.627. The van der Waals surface area contributed by atoms with Gasteiger partial charge in [0.05, 0.1) is 30.7 Å². The van der Waals surface area contributed by atoms with Crippen LogP contribution in [-0.2, 0) is 9.47 Å². The number of aromatic carboxylic acids is 1. The second kappa shape index (κ2) is 9.15. The number of pyridine rings is 1. The molecule has 0 aliphatic heterocycles. The summed E-state index contributed by atoms with van der Waals surface area (Å²) in [6, 6.07) is 1.48. The van der Waals surface area contributed by atoms with Crippen molar-refractivity contribution in [1.29, 1.82) is 0 Å². The molecule has 1 rings (SSSR count). The normalized spacial score (nSPS) is 10.6. The van der Waals surface area contributed by atoms with Crippen LogP contribution in [0.3, 0.4) is 0 Å². The van der Waals surface area contributed by atoms with Crippen LogP contribution in [0.2, 0.25) is 0 Å². The summed E-state index contributed by atoms with van der Waals surface area (Å²) in [4.78, 5) is 17.3. The van der Waals surface area contributed by atoms with Crippen LogP contribution in [0.25, 0.3) is 0 Å². The van der Waals surface area contributed by atoms with E-state index in [1.54, 1.807) is 0 Å². The van der Waals surface area contributed by atoms with Crippen molar-refractivity contribution in [3.63, 3.8) is 0 Å². The van der Waals surface area contributed by atoms with Gasteiger partial charge < -0.3 is 25.2 Å². The zero-order valence-electron chi connectivity index (χ0n) is 12.5. The minimum Gasteiger partial charge on any atom is -0.478 e. The molecule has 1 heterocycles. The topological polar surface area (TPSA) is 97.9 Å². The Morgan fingerprint density at radius 2 is 1.86 bits per heavy atom. The summed E-state index contributed by atoms with van der Waals surface area (Å²) in [6.45, 7) is 7.41. The highest BCUT2D eigenvalue weighted by atomic mass is 16.5. The first-order chi connectivity index (χ1) is 10.1. The largest absolute Gasteiger partial charge is 0.478 e. The molecule has 0 unspecified atom stereocenters. The Bertz CT molecular complexity index is 444. The lowest BCUT2D eigenvalue weighted by Crippen LogP contribution is -2.32. The van der Waals surface area contributed by atoms with E-state index in [0.717, 1.165) is 0 Å². The Morgan fingerprint density at radius 1 is 1.29 bits per heavy atom. The van der Waals surface area contributed by atoms with Gasteiger partial charge in [-0.05, 0) is 19.9 Å². The molecule has 7 nitrogen and oxygen atoms in total. The zero-order valence-corrected chi connectivity index (χ0v) is 12.5. The lowest BCUT2D eigenvalue weighted by Gasteiger charge is -2.24. The summed E-state index contributed by atoms with van der Waals surface area (Å²) in [6.07, 6.45) is 1.37. The van der Waals surface area contributed by atoms with Gasteiger partial charge in [-0.2, -0.15) is 0 Å². The Kier molecular flexibility index (Phi) is 7.49. The third kappa shape index (κ3) is 5.57. The summed E-state index contributed by atoms with van der Waals surface area (Å²) in [5.41, 5.74) is 5.83. The SMILES string of the molecule is CCOCCN(CCOCC)c1cc(C(=O)O)c(N)cn1. The third-order valence-electron chi connectivity index (χ3n) is 2.89. The molecule has 0 saturated heterocycles. The number of nitrogens with zero attached hydrogens (tertiary/aromatic N) is 2. The van der Waals surface area contributed by atoms with Crippen LogP contribution in [0.15, 0.2) is 12.3 Å². The number of aromatic nitrogens is 1. The lowest BCUT2D eigenvalue weighted by atomic mass is 10.2. The molecule has 0 amide bonds. The fourth-order valence-corrected chi connectivity index (χ4v) is 1.79. The molecule has 0 atom stereocenters. The van der Waals surface area contributed by atoms with E-state index < -0.39 is 5.97 Å². The highest BCUT2D eigenvalue weighted by molar-refractivity contribution is 5.94. The first-order valence-corrected chi connectivity index (χ1v) is 6.99. The zero-order chi connectivity index (χ0) is 15.7. The van der Waals surface area contributed by atoms with Crippen molar-refractivity contribution in [1.82, 2.24) is 4.98 Å². The minimum absolute atomic E-state index is 0.0535. The van der Waals surface area contributed by atoms with E-state index >= 15 is 0 Å². The summed E-state index contributed by atoms with van der Waals surface area (Å²) in [5, 5.41) is 9.12. The Balaban J connectivity index is 2.84. The van der Waals surface area contributed by atoms with Crippen molar-refractivity contribution in [2.45, 2.75) is 13.8 Å². The molecule has 0 bridgehead atoms. The maximum absolute atomic E-state index is 11.1. The predicted octanol–water partition coefficient (Wildman–Crippen LogP) is 1.24. The second-order valence-electron chi connectivity index (χ2n) is 4.32. The van der Waals surface area contributed by atoms with Crippen molar-refractivity contribution >= 4 is 17.5 Å². The van der Waals surface area contributed by atoms with Gasteiger partial charge in [-0.1, -0.05) is 0 Å². The van der Waals surface area contributed by atoms with E-state index in [9.17, 15) is 4.79 Å². The van der Waals surface area contributed by atoms with Gasteiger partial charge in [-0.3, -0.25) is 0 Å². The van der Waals surface area contributed by atoms with Crippen LogP contribution < -0.4 is 10.6 Å². The van der Waals surface area contributed by atoms with Gasteiger partial charge >= 0.3 is 5.97 Å². The van der Waals surface area contributed by atoms with E-state index in [-0.39, 0.29) is 11.3 Å². The molecule has 3 N–H and O–H groups in total. The molecular formula is C14H23N3O4. The average Bonchev–Trinajstić information content (AvgIpc) is 2.46. The number of nitrogen functional groups attached to an aromatic ring is 1. The molecule has 0 spiro atoms. The van der Waals surface area contributed by atoms with Crippen molar-refractivity contribution < 1.29 is 19.4 Å². The number of hydrogen-bond acceptors (Lipinski definition) is 6. The molecule has 0 aliphatic rings. The number of nitrogens with two attached hydrogens (primary N) is 1. The van der Waals surface area contributed by atoms with E-state index in [0.29, 0.717) is 45.3 Å². The molecule has 0 fully saturated rings. The first-order valence-electron chi connectivity index (χ1n) is 6.99. The second-order valence-corrected chi connectivity index (χ2v) is 4.32. The summed E-state index contributed by atoms with van der Waals surface area (Å²) in [7, 11) is 0. The van der Waals surface area contributed by atoms with Gasteiger partial charge in [0, 0.05) is 26.3 Å². The predicted molar refractivity (Wildman–Crippen MR) is 80.8 cm³/mol. The molecule has 1 aromatic rings. The monoisotopic (exact) mass is 297 g/mol. The summed E-state index contributed by atoms with van der Waals surface area (Å²) < 4.78 is 10.7. The number of ether oxygens (including phenoxy) is 2. The number of carboxylic acids is 1. The van der Waals surface area contributed by atoms with Crippen LogP contribution in [0.5, 0.6) is 0 Å². The van der Waals surface area contributed by atoms with Gasteiger partial charge in [0.2, 0.25) is 0 Å². The Morgan fingerprint density at radius 3 is 2.33 bits per heavy atom. The minimum atomic E-state index is -1.06. The van der Waals surface area contributed by atoms with Crippen molar-refractivity contribution in [2.24, 2.45) is 0 Å². The molecule has 1 aromatic heterocycles. The molecule has 118 valence electrons. The maximum Gasteiger partial charge on any atom is 0.337 e. The van der Waals surface area contributed by atoms with Gasteiger partial charge in [0.1, 0.15) is 5.82 Å². The van der Waals surface area contributed by atoms with Crippen LogP contribution in [-0.4, -0.2) is 55.6 Å². The van der Waals surface area contributed by atoms with Crippen LogP contribution in [0.4, 0.5) is 11.5 Å². The van der Waals surface area contributed by atoms with E-state index in [4.69, 9.17) is 20.3 Å². The number of hydrogen-bond donors (Lipinski definition) is 2. The third-order valence-corrected chi connectivity index (χ3v) is 2.89. The highest BCUT2D eigenvalue weighted by Gasteiger charge is 2.14. The number of anilines is 2. The van der Waals surface area contributed by atoms with Gasteiger partial charge in [-0.15, -0.1) is 0 Å². The first kappa shape index (κ1) is 17.2. The highest BCUT2D eigenvalue weighted by Crippen LogP contribution is 2.18. The summed E-state index contributed by atoms with van der Waals surface area (Å²) >= 11 is 0. The molecular weight excluding hydrogens is 274 g/mol. The van der Waals surface area contributed by atoms with E-state index in [1.165, 1.54) is 12.3 Å². The Hall–Kier alpha value is -1.86. The van der Waals surface area contributed by atoms with Crippen LogP contribution >= 0.6 is 0 Å². The molecule has 0 aromatic carbocycles. The fraction of sp³-hybridized carbons (Fsp3) is 0.571. The average molecular weight is 297 g/mol. The molecule has 7 heteroatoms. The van der Waals surface area contributed by atoms with Crippen LogP contribution in [0.1, 0.15) is 24.2 Å². The van der Waals surface area contributed by atoms with Crippen molar-refractivity contribution in [3.05, 3.63) is 17.8 Å². The smallest absolute Gasteiger partial charge is 0.337 e. The fourth-order valence-electron chi connectivity index (χ4n) is 1.79.